The quantitative estimate of drug-likeness (QED) is 0.766. The van der Waals surface area contributed by atoms with Crippen molar-refractivity contribution in [3.05, 3.63) is 18.0 Å². The molecule has 1 saturated carbocycles. The Labute approximate surface area is 103 Å². The molecule has 4 heteroatoms. The van der Waals surface area contributed by atoms with Crippen molar-refractivity contribution in [1.29, 1.82) is 0 Å². The first kappa shape index (κ1) is 12.6. The summed E-state index contributed by atoms with van der Waals surface area (Å²) in [6, 6.07) is 0.679. The van der Waals surface area contributed by atoms with E-state index in [4.69, 9.17) is 5.11 Å². The molecule has 0 saturated heterocycles. The van der Waals surface area contributed by atoms with Gasteiger partial charge in [0.1, 0.15) is 0 Å². The molecule has 4 nitrogen and oxygen atoms in total. The molecule has 1 aliphatic carbocycles. The third-order valence-electron chi connectivity index (χ3n) is 3.47. The average Bonchev–Trinajstić information content (AvgIpc) is 2.63. The molecule has 17 heavy (non-hydrogen) atoms. The topological polar surface area (TPSA) is 50.1 Å². The second-order valence-corrected chi connectivity index (χ2v) is 4.90. The lowest BCUT2D eigenvalue weighted by Gasteiger charge is -2.15. The van der Waals surface area contributed by atoms with Crippen LogP contribution in [-0.4, -0.2) is 27.5 Å². The fraction of sp³-hybridized carbons (Fsp3) is 0.769. The van der Waals surface area contributed by atoms with Gasteiger partial charge in [0.15, 0.2) is 0 Å². The van der Waals surface area contributed by atoms with Crippen LogP contribution in [0.4, 0.5) is 0 Å². The van der Waals surface area contributed by atoms with Gasteiger partial charge in [0, 0.05) is 24.3 Å². The molecule has 1 aromatic rings. The summed E-state index contributed by atoms with van der Waals surface area (Å²) in [5, 5.41) is 16.6. The highest BCUT2D eigenvalue weighted by Crippen LogP contribution is 2.17. The van der Waals surface area contributed by atoms with Gasteiger partial charge in [0.05, 0.1) is 19.3 Å². The van der Waals surface area contributed by atoms with Crippen molar-refractivity contribution in [3.8, 4) is 0 Å². The minimum atomic E-state index is 0.150. The molecular formula is C13H23N3O. The third-order valence-corrected chi connectivity index (χ3v) is 3.47. The van der Waals surface area contributed by atoms with Crippen LogP contribution in [0.1, 0.15) is 44.1 Å². The zero-order valence-electron chi connectivity index (χ0n) is 10.4. The highest BCUT2D eigenvalue weighted by Gasteiger charge is 2.11. The van der Waals surface area contributed by atoms with Gasteiger partial charge in [-0.3, -0.25) is 4.68 Å². The van der Waals surface area contributed by atoms with Gasteiger partial charge in [-0.05, 0) is 12.8 Å². The van der Waals surface area contributed by atoms with Crippen molar-refractivity contribution in [2.75, 3.05) is 6.61 Å². The first-order chi connectivity index (χ1) is 8.38. The minimum Gasteiger partial charge on any atom is -0.394 e. The van der Waals surface area contributed by atoms with Crippen molar-refractivity contribution in [2.45, 2.75) is 57.7 Å². The molecule has 1 aliphatic rings. The Morgan fingerprint density at radius 3 is 2.76 bits per heavy atom. The fourth-order valence-electron chi connectivity index (χ4n) is 2.47. The van der Waals surface area contributed by atoms with E-state index in [1.165, 1.54) is 44.1 Å². The van der Waals surface area contributed by atoms with E-state index in [9.17, 15) is 0 Å². The minimum absolute atomic E-state index is 0.150. The summed E-state index contributed by atoms with van der Waals surface area (Å²) < 4.78 is 1.80. The molecule has 1 aromatic heterocycles. The Morgan fingerprint density at radius 1 is 1.29 bits per heavy atom. The first-order valence-corrected chi connectivity index (χ1v) is 6.74. The predicted octanol–water partition coefficient (Wildman–Crippen LogP) is 1.69. The Bertz CT molecular complexity index is 316. The maximum absolute atomic E-state index is 8.82. The number of aromatic nitrogens is 2. The maximum Gasteiger partial charge on any atom is 0.0640 e. The number of hydrogen-bond acceptors (Lipinski definition) is 3. The molecule has 0 aliphatic heterocycles. The van der Waals surface area contributed by atoms with Crippen LogP contribution >= 0.6 is 0 Å². The largest absolute Gasteiger partial charge is 0.394 e. The standard InChI is InChI=1S/C13H23N3O/c17-8-7-16-11-12(10-15-16)9-14-13-5-3-1-2-4-6-13/h10-11,13-14,17H,1-9H2. The van der Waals surface area contributed by atoms with Crippen LogP contribution < -0.4 is 5.32 Å². The summed E-state index contributed by atoms with van der Waals surface area (Å²) >= 11 is 0. The molecule has 0 unspecified atom stereocenters. The molecule has 0 radical (unpaired) electrons. The molecule has 2 N–H and O–H groups in total. The average molecular weight is 237 g/mol. The SMILES string of the molecule is OCCn1cc(CNC2CCCCCC2)cn1. The van der Waals surface area contributed by atoms with Crippen molar-refractivity contribution < 1.29 is 5.11 Å². The summed E-state index contributed by atoms with van der Waals surface area (Å²) in [5.41, 5.74) is 1.21. The number of aliphatic hydroxyl groups excluding tert-OH is 1. The van der Waals surface area contributed by atoms with Crippen molar-refractivity contribution in [2.24, 2.45) is 0 Å². The predicted molar refractivity (Wildman–Crippen MR) is 67.6 cm³/mol. The molecule has 0 bridgehead atoms. The zero-order chi connectivity index (χ0) is 11.9. The van der Waals surface area contributed by atoms with Crippen molar-refractivity contribution in [1.82, 2.24) is 15.1 Å². The second kappa shape index (κ2) is 6.77. The van der Waals surface area contributed by atoms with Crippen molar-refractivity contribution in [3.63, 3.8) is 0 Å². The number of aliphatic hydroxyl groups is 1. The van der Waals surface area contributed by atoms with Crippen LogP contribution in [0.25, 0.3) is 0 Å². The lowest BCUT2D eigenvalue weighted by Crippen LogP contribution is -2.27. The molecule has 2 rings (SSSR count). The highest BCUT2D eigenvalue weighted by molar-refractivity contribution is 5.03. The van der Waals surface area contributed by atoms with E-state index in [0.717, 1.165) is 6.54 Å². The maximum atomic E-state index is 8.82. The lowest BCUT2D eigenvalue weighted by atomic mass is 10.1. The van der Waals surface area contributed by atoms with E-state index in [-0.39, 0.29) is 6.61 Å². The smallest absolute Gasteiger partial charge is 0.0640 e. The Kier molecular flexibility index (Phi) is 5.01. The van der Waals surface area contributed by atoms with Crippen LogP contribution in [0.2, 0.25) is 0 Å². The molecule has 0 aromatic carbocycles. The van der Waals surface area contributed by atoms with E-state index >= 15 is 0 Å². The van der Waals surface area contributed by atoms with Gasteiger partial charge in [0.2, 0.25) is 0 Å². The van der Waals surface area contributed by atoms with Crippen LogP contribution in [0.5, 0.6) is 0 Å². The molecule has 96 valence electrons. The van der Waals surface area contributed by atoms with Gasteiger partial charge < -0.3 is 10.4 Å². The van der Waals surface area contributed by atoms with Gasteiger partial charge in [-0.2, -0.15) is 5.10 Å². The molecular weight excluding hydrogens is 214 g/mol. The number of rotatable bonds is 5. The van der Waals surface area contributed by atoms with Crippen LogP contribution in [0.15, 0.2) is 12.4 Å². The van der Waals surface area contributed by atoms with Gasteiger partial charge in [-0.25, -0.2) is 0 Å². The zero-order valence-corrected chi connectivity index (χ0v) is 10.4. The van der Waals surface area contributed by atoms with Crippen molar-refractivity contribution >= 4 is 0 Å². The van der Waals surface area contributed by atoms with E-state index in [1.54, 1.807) is 4.68 Å². The molecule has 0 amide bonds. The summed E-state index contributed by atoms with van der Waals surface area (Å²) in [4.78, 5) is 0. The van der Waals surface area contributed by atoms with E-state index in [0.29, 0.717) is 12.6 Å². The van der Waals surface area contributed by atoms with E-state index < -0.39 is 0 Å². The highest BCUT2D eigenvalue weighted by atomic mass is 16.3. The summed E-state index contributed by atoms with van der Waals surface area (Å²) in [7, 11) is 0. The molecule has 1 fully saturated rings. The first-order valence-electron chi connectivity index (χ1n) is 6.74. The van der Waals surface area contributed by atoms with E-state index in [2.05, 4.69) is 10.4 Å². The summed E-state index contributed by atoms with van der Waals surface area (Å²) in [6.45, 7) is 1.64. The third kappa shape index (κ3) is 4.13. The fourth-order valence-corrected chi connectivity index (χ4v) is 2.47. The van der Waals surface area contributed by atoms with Crippen LogP contribution in [0, 0.1) is 0 Å². The van der Waals surface area contributed by atoms with Gasteiger partial charge in [-0.15, -0.1) is 0 Å². The summed E-state index contributed by atoms with van der Waals surface area (Å²) in [5.74, 6) is 0. The van der Waals surface area contributed by atoms with Gasteiger partial charge in [-0.1, -0.05) is 25.7 Å². The second-order valence-electron chi connectivity index (χ2n) is 4.90. The van der Waals surface area contributed by atoms with Gasteiger partial charge in [0.25, 0.3) is 0 Å². The molecule has 1 heterocycles. The lowest BCUT2D eigenvalue weighted by molar-refractivity contribution is 0.269. The van der Waals surface area contributed by atoms with Crippen LogP contribution in [-0.2, 0) is 13.1 Å². The molecule has 0 spiro atoms. The molecule has 0 atom stereocenters. The number of nitrogens with one attached hydrogen (secondary N) is 1. The Hall–Kier alpha value is -0.870. The number of hydrogen-bond donors (Lipinski definition) is 2. The normalized spacial score (nSPS) is 18.2. The van der Waals surface area contributed by atoms with Crippen LogP contribution in [0.3, 0.4) is 0 Å². The monoisotopic (exact) mass is 237 g/mol. The number of nitrogens with zero attached hydrogens (tertiary/aromatic N) is 2. The summed E-state index contributed by atoms with van der Waals surface area (Å²) in [6.07, 6.45) is 12.0. The van der Waals surface area contributed by atoms with Gasteiger partial charge >= 0.3 is 0 Å². The van der Waals surface area contributed by atoms with E-state index in [1.807, 2.05) is 12.4 Å². The Balaban J connectivity index is 1.75. The Morgan fingerprint density at radius 2 is 2.06 bits per heavy atom.